The number of benzene rings is 2. The first-order valence-electron chi connectivity index (χ1n) is 8.56. The molecule has 1 amide bonds. The minimum Gasteiger partial charge on any atom is -0.339 e. The highest BCUT2D eigenvalue weighted by Crippen LogP contribution is 2.27. The van der Waals surface area contributed by atoms with Gasteiger partial charge in [-0.15, -0.1) is 0 Å². The fourth-order valence-corrected chi connectivity index (χ4v) is 3.49. The largest absolute Gasteiger partial charge is 0.339 e. The Morgan fingerprint density at radius 1 is 0.962 bits per heavy atom. The molecular weight excluding hydrogens is 369 g/mol. The standard InChI is InChI=1S/C21H19Cl2NO2/c22-18-8-4-7-15(20(18)23)9-10-19(25)24-13-11-17(12-14-24)21(26)16-5-2-1-3-6-16/h1-10,17H,11-14H2. The van der Waals surface area contributed by atoms with E-state index in [9.17, 15) is 9.59 Å². The van der Waals surface area contributed by atoms with E-state index >= 15 is 0 Å². The van der Waals surface area contributed by atoms with Crippen molar-refractivity contribution < 1.29 is 9.59 Å². The van der Waals surface area contributed by atoms with Crippen LogP contribution in [-0.4, -0.2) is 29.7 Å². The van der Waals surface area contributed by atoms with Gasteiger partial charge in [-0.1, -0.05) is 65.7 Å². The second kappa shape index (κ2) is 8.52. The molecule has 0 aromatic heterocycles. The molecule has 0 N–H and O–H groups in total. The van der Waals surface area contributed by atoms with Gasteiger partial charge in [-0.2, -0.15) is 0 Å². The summed E-state index contributed by atoms with van der Waals surface area (Å²) in [5.74, 6) is 0.0680. The molecule has 0 saturated carbocycles. The molecule has 1 fully saturated rings. The number of carbonyl (C=O) groups is 2. The van der Waals surface area contributed by atoms with E-state index in [1.807, 2.05) is 36.4 Å². The molecule has 0 unspecified atom stereocenters. The average molecular weight is 388 g/mol. The Morgan fingerprint density at radius 2 is 1.65 bits per heavy atom. The summed E-state index contributed by atoms with van der Waals surface area (Å²) in [7, 11) is 0. The summed E-state index contributed by atoms with van der Waals surface area (Å²) in [6.45, 7) is 1.16. The van der Waals surface area contributed by atoms with Crippen LogP contribution < -0.4 is 0 Å². The smallest absolute Gasteiger partial charge is 0.246 e. The molecule has 1 aliphatic heterocycles. The lowest BCUT2D eigenvalue weighted by Crippen LogP contribution is -2.39. The van der Waals surface area contributed by atoms with Crippen molar-refractivity contribution in [1.29, 1.82) is 0 Å². The van der Waals surface area contributed by atoms with E-state index in [-0.39, 0.29) is 17.6 Å². The van der Waals surface area contributed by atoms with Crippen LogP contribution in [0.4, 0.5) is 0 Å². The Labute approximate surface area is 163 Å². The van der Waals surface area contributed by atoms with Gasteiger partial charge < -0.3 is 4.90 Å². The average Bonchev–Trinajstić information content (AvgIpc) is 2.69. The van der Waals surface area contributed by atoms with Gasteiger partial charge in [0.05, 0.1) is 10.0 Å². The van der Waals surface area contributed by atoms with Crippen LogP contribution in [0.5, 0.6) is 0 Å². The number of Topliss-reactive ketones (excluding diaryl/α,β-unsaturated/α-hetero) is 1. The first-order chi connectivity index (χ1) is 12.6. The predicted octanol–water partition coefficient (Wildman–Crippen LogP) is 5.13. The van der Waals surface area contributed by atoms with Gasteiger partial charge >= 0.3 is 0 Å². The summed E-state index contributed by atoms with van der Waals surface area (Å²) in [6, 6.07) is 14.6. The molecule has 3 nitrogen and oxygen atoms in total. The molecular formula is C21H19Cl2NO2. The van der Waals surface area contributed by atoms with Gasteiger partial charge in [-0.25, -0.2) is 0 Å². The maximum Gasteiger partial charge on any atom is 0.246 e. The number of likely N-dealkylation sites (tertiary alicyclic amines) is 1. The molecule has 2 aromatic carbocycles. The number of carbonyl (C=O) groups excluding carboxylic acids is 2. The molecule has 0 spiro atoms. The molecule has 1 aliphatic rings. The van der Waals surface area contributed by atoms with E-state index in [1.165, 1.54) is 6.08 Å². The third-order valence-electron chi connectivity index (χ3n) is 4.62. The topological polar surface area (TPSA) is 37.4 Å². The molecule has 0 radical (unpaired) electrons. The van der Waals surface area contributed by atoms with Gasteiger partial charge in [0.1, 0.15) is 0 Å². The minimum atomic E-state index is -0.0772. The van der Waals surface area contributed by atoms with Crippen molar-refractivity contribution in [3.63, 3.8) is 0 Å². The molecule has 0 aliphatic carbocycles. The van der Waals surface area contributed by atoms with Gasteiger partial charge in [0.15, 0.2) is 5.78 Å². The van der Waals surface area contributed by atoms with Crippen LogP contribution in [0.3, 0.4) is 0 Å². The zero-order valence-electron chi connectivity index (χ0n) is 14.2. The summed E-state index contributed by atoms with van der Waals surface area (Å²) >= 11 is 12.1. The van der Waals surface area contributed by atoms with E-state index in [0.717, 1.165) is 5.56 Å². The Bertz CT molecular complexity index is 825. The molecule has 0 atom stereocenters. The minimum absolute atomic E-state index is 0.0206. The third-order valence-corrected chi connectivity index (χ3v) is 5.46. The van der Waals surface area contributed by atoms with Gasteiger partial charge in [-0.05, 0) is 30.5 Å². The molecule has 5 heteroatoms. The van der Waals surface area contributed by atoms with Crippen molar-refractivity contribution in [3.05, 3.63) is 75.8 Å². The number of amides is 1. The normalized spacial score (nSPS) is 15.4. The predicted molar refractivity (Wildman–Crippen MR) is 106 cm³/mol. The molecule has 1 saturated heterocycles. The highest BCUT2D eigenvalue weighted by molar-refractivity contribution is 6.42. The fraction of sp³-hybridized carbons (Fsp3) is 0.238. The number of hydrogen-bond acceptors (Lipinski definition) is 2. The number of rotatable bonds is 4. The van der Waals surface area contributed by atoms with Crippen LogP contribution in [0, 0.1) is 5.92 Å². The third kappa shape index (κ3) is 4.35. The lowest BCUT2D eigenvalue weighted by Gasteiger charge is -2.30. The van der Waals surface area contributed by atoms with Gasteiger partial charge in [0, 0.05) is 30.6 Å². The molecule has 1 heterocycles. The number of nitrogens with zero attached hydrogens (tertiary/aromatic N) is 1. The monoisotopic (exact) mass is 387 g/mol. The highest BCUT2D eigenvalue weighted by atomic mass is 35.5. The van der Waals surface area contributed by atoms with Crippen molar-refractivity contribution in [2.24, 2.45) is 5.92 Å². The second-order valence-corrected chi connectivity index (χ2v) is 7.09. The number of halogens is 2. The van der Waals surface area contributed by atoms with Gasteiger partial charge in [0.2, 0.25) is 5.91 Å². The summed E-state index contributed by atoms with van der Waals surface area (Å²) in [4.78, 5) is 26.7. The lowest BCUT2D eigenvalue weighted by molar-refractivity contribution is -0.127. The van der Waals surface area contributed by atoms with Crippen molar-refractivity contribution in [1.82, 2.24) is 4.90 Å². The number of hydrogen-bond donors (Lipinski definition) is 0. The van der Waals surface area contributed by atoms with Crippen molar-refractivity contribution >= 4 is 41.0 Å². The molecule has 2 aromatic rings. The molecule has 26 heavy (non-hydrogen) atoms. The molecule has 0 bridgehead atoms. The van der Waals surface area contributed by atoms with Gasteiger partial charge in [-0.3, -0.25) is 9.59 Å². The lowest BCUT2D eigenvalue weighted by atomic mass is 9.89. The molecule has 134 valence electrons. The van der Waals surface area contributed by atoms with Gasteiger partial charge in [0.25, 0.3) is 0 Å². The van der Waals surface area contributed by atoms with Crippen LogP contribution >= 0.6 is 23.2 Å². The van der Waals surface area contributed by atoms with Crippen LogP contribution in [-0.2, 0) is 4.79 Å². The van der Waals surface area contributed by atoms with E-state index in [2.05, 4.69) is 0 Å². The summed E-state index contributed by atoms with van der Waals surface area (Å²) in [5.41, 5.74) is 1.45. The Balaban J connectivity index is 1.58. The van der Waals surface area contributed by atoms with E-state index in [4.69, 9.17) is 23.2 Å². The van der Waals surface area contributed by atoms with Crippen LogP contribution in [0.1, 0.15) is 28.8 Å². The van der Waals surface area contributed by atoms with Crippen LogP contribution in [0.15, 0.2) is 54.6 Å². The summed E-state index contributed by atoms with van der Waals surface area (Å²) in [5, 5.41) is 0.895. The maximum atomic E-state index is 12.5. The van der Waals surface area contributed by atoms with Crippen molar-refractivity contribution in [2.45, 2.75) is 12.8 Å². The Kier molecular flexibility index (Phi) is 6.12. The first kappa shape index (κ1) is 18.7. The van der Waals surface area contributed by atoms with Crippen molar-refractivity contribution in [2.75, 3.05) is 13.1 Å². The Morgan fingerprint density at radius 3 is 2.35 bits per heavy atom. The zero-order valence-corrected chi connectivity index (χ0v) is 15.7. The molecule has 3 rings (SSSR count). The quantitative estimate of drug-likeness (QED) is 0.538. The maximum absolute atomic E-state index is 12.5. The number of ketones is 1. The van der Waals surface area contributed by atoms with E-state index in [1.54, 1.807) is 23.1 Å². The number of piperidine rings is 1. The van der Waals surface area contributed by atoms with Crippen LogP contribution in [0.25, 0.3) is 6.08 Å². The SMILES string of the molecule is O=C(c1ccccc1)C1CCN(C(=O)C=Cc2cccc(Cl)c2Cl)CC1. The van der Waals surface area contributed by atoms with Crippen LogP contribution in [0.2, 0.25) is 10.0 Å². The first-order valence-corrected chi connectivity index (χ1v) is 9.32. The highest BCUT2D eigenvalue weighted by Gasteiger charge is 2.27. The Hall–Kier alpha value is -2.10. The summed E-state index contributed by atoms with van der Waals surface area (Å²) < 4.78 is 0. The fourth-order valence-electron chi connectivity index (χ4n) is 3.12. The van der Waals surface area contributed by atoms with E-state index < -0.39 is 0 Å². The second-order valence-electron chi connectivity index (χ2n) is 6.31. The van der Waals surface area contributed by atoms with E-state index in [0.29, 0.717) is 41.5 Å². The summed E-state index contributed by atoms with van der Waals surface area (Å²) in [6.07, 6.45) is 4.56. The van der Waals surface area contributed by atoms with Crippen molar-refractivity contribution in [3.8, 4) is 0 Å². The zero-order chi connectivity index (χ0) is 18.5.